The van der Waals surface area contributed by atoms with Crippen molar-refractivity contribution in [3.8, 4) is 0 Å². The van der Waals surface area contributed by atoms with Gasteiger partial charge in [0, 0.05) is 22.6 Å². The molecular weight excluding hydrogens is 394 g/mol. The highest BCUT2D eigenvalue weighted by Gasteiger charge is 2.49. The van der Waals surface area contributed by atoms with Crippen molar-refractivity contribution < 1.29 is 14.7 Å². The van der Waals surface area contributed by atoms with E-state index in [0.29, 0.717) is 16.8 Å². The van der Waals surface area contributed by atoms with E-state index in [1.807, 2.05) is 36.4 Å². The molecule has 5 heteroatoms. The van der Waals surface area contributed by atoms with E-state index < -0.39 is 11.5 Å². The molecule has 0 spiro atoms. The number of ketones is 1. The number of carbonyl (C=O) groups is 2. The van der Waals surface area contributed by atoms with E-state index in [1.54, 1.807) is 31.3 Å². The van der Waals surface area contributed by atoms with E-state index in [0.717, 1.165) is 15.2 Å². The molecule has 0 aliphatic carbocycles. The lowest BCUT2D eigenvalue weighted by atomic mass is 9.87. The Morgan fingerprint density at radius 3 is 2.65 bits per heavy atom. The second kappa shape index (κ2) is 6.04. The predicted molar refractivity (Wildman–Crippen MR) is 104 cm³/mol. The number of halogens is 1. The SMILES string of the molecule is CN1C(=O)[C@@](O)(CC(=O)c2cccc3ccccc23)c2cc(Br)ccc21. The molecule has 130 valence electrons. The molecule has 1 atom stereocenters. The average Bonchev–Trinajstić information content (AvgIpc) is 2.82. The van der Waals surface area contributed by atoms with Crippen LogP contribution in [-0.2, 0) is 10.4 Å². The number of rotatable bonds is 3. The molecule has 0 unspecified atom stereocenters. The summed E-state index contributed by atoms with van der Waals surface area (Å²) in [4.78, 5) is 27.2. The summed E-state index contributed by atoms with van der Waals surface area (Å²) in [7, 11) is 1.61. The third kappa shape index (κ3) is 2.47. The molecule has 26 heavy (non-hydrogen) atoms. The molecule has 1 heterocycles. The fourth-order valence-electron chi connectivity index (χ4n) is 3.60. The van der Waals surface area contributed by atoms with E-state index in [2.05, 4.69) is 15.9 Å². The van der Waals surface area contributed by atoms with E-state index in [4.69, 9.17) is 0 Å². The molecule has 0 aromatic heterocycles. The summed E-state index contributed by atoms with van der Waals surface area (Å²) < 4.78 is 0.746. The Bertz CT molecular complexity index is 1060. The normalized spacial score (nSPS) is 19.0. The summed E-state index contributed by atoms with van der Waals surface area (Å²) in [5, 5.41) is 12.9. The van der Waals surface area contributed by atoms with Crippen molar-refractivity contribution in [3.63, 3.8) is 0 Å². The third-order valence-electron chi connectivity index (χ3n) is 4.93. The van der Waals surface area contributed by atoms with E-state index >= 15 is 0 Å². The molecule has 4 rings (SSSR count). The van der Waals surface area contributed by atoms with Crippen LogP contribution in [0.3, 0.4) is 0 Å². The minimum atomic E-state index is -1.86. The van der Waals surface area contributed by atoms with Gasteiger partial charge < -0.3 is 10.0 Å². The molecule has 1 N–H and O–H groups in total. The molecule has 0 bridgehead atoms. The zero-order valence-electron chi connectivity index (χ0n) is 14.1. The molecule has 1 aliphatic rings. The lowest BCUT2D eigenvalue weighted by Gasteiger charge is -2.21. The van der Waals surface area contributed by atoms with Crippen LogP contribution in [0.2, 0.25) is 0 Å². The number of anilines is 1. The van der Waals surface area contributed by atoms with Crippen LogP contribution < -0.4 is 4.90 Å². The van der Waals surface area contributed by atoms with Crippen LogP contribution in [0, 0.1) is 0 Å². The minimum absolute atomic E-state index is 0.265. The molecule has 0 saturated heterocycles. The van der Waals surface area contributed by atoms with Gasteiger partial charge in [-0.05, 0) is 29.0 Å². The smallest absolute Gasteiger partial charge is 0.263 e. The predicted octanol–water partition coefficient (Wildman–Crippen LogP) is 4.04. The largest absolute Gasteiger partial charge is 0.375 e. The highest BCUT2D eigenvalue weighted by Crippen LogP contribution is 2.43. The Morgan fingerprint density at radius 1 is 1.12 bits per heavy atom. The maximum absolute atomic E-state index is 13.0. The fraction of sp³-hybridized carbons (Fsp3) is 0.143. The van der Waals surface area contributed by atoms with Gasteiger partial charge in [-0.1, -0.05) is 58.4 Å². The number of hydrogen-bond acceptors (Lipinski definition) is 3. The molecule has 4 nitrogen and oxygen atoms in total. The van der Waals surface area contributed by atoms with E-state index in [-0.39, 0.29) is 12.2 Å². The van der Waals surface area contributed by atoms with Gasteiger partial charge in [0.15, 0.2) is 11.4 Å². The first kappa shape index (κ1) is 16.9. The maximum Gasteiger partial charge on any atom is 0.263 e. The number of aliphatic hydroxyl groups is 1. The number of hydrogen-bond donors (Lipinski definition) is 1. The van der Waals surface area contributed by atoms with Crippen molar-refractivity contribution in [2.75, 3.05) is 11.9 Å². The summed E-state index contributed by atoms with van der Waals surface area (Å²) in [6, 6.07) is 18.3. The van der Waals surface area contributed by atoms with Crippen molar-refractivity contribution >= 4 is 44.1 Å². The van der Waals surface area contributed by atoms with Gasteiger partial charge in [0.05, 0.1) is 12.1 Å². The number of likely N-dealkylation sites (N-methyl/N-ethyl adjacent to an activating group) is 1. The van der Waals surface area contributed by atoms with Crippen LogP contribution in [0.1, 0.15) is 22.3 Å². The lowest BCUT2D eigenvalue weighted by Crippen LogP contribution is -2.40. The highest BCUT2D eigenvalue weighted by molar-refractivity contribution is 9.10. The van der Waals surface area contributed by atoms with Crippen LogP contribution >= 0.6 is 15.9 Å². The Kier molecular flexibility index (Phi) is 3.93. The van der Waals surface area contributed by atoms with Crippen molar-refractivity contribution in [1.82, 2.24) is 0 Å². The second-order valence-electron chi connectivity index (χ2n) is 6.51. The molecule has 0 saturated carbocycles. The Morgan fingerprint density at radius 2 is 1.85 bits per heavy atom. The standard InChI is InChI=1S/C21H16BrNO3/c1-23-18-10-9-14(22)11-17(18)21(26,20(23)25)12-19(24)16-8-4-6-13-5-2-3-7-15(13)16/h2-11,26H,12H2,1H3/t21-/m1/s1. The van der Waals surface area contributed by atoms with Crippen molar-refractivity contribution in [2.45, 2.75) is 12.0 Å². The van der Waals surface area contributed by atoms with Crippen LogP contribution in [0.15, 0.2) is 65.1 Å². The van der Waals surface area contributed by atoms with E-state index in [9.17, 15) is 14.7 Å². The van der Waals surface area contributed by atoms with Crippen LogP contribution in [0.4, 0.5) is 5.69 Å². The van der Waals surface area contributed by atoms with Gasteiger partial charge in [-0.25, -0.2) is 0 Å². The van der Waals surface area contributed by atoms with Gasteiger partial charge in [-0.15, -0.1) is 0 Å². The number of carbonyl (C=O) groups excluding carboxylic acids is 2. The first-order valence-electron chi connectivity index (χ1n) is 8.23. The van der Waals surface area contributed by atoms with Crippen LogP contribution in [-0.4, -0.2) is 23.8 Å². The maximum atomic E-state index is 13.0. The van der Waals surface area contributed by atoms with Crippen molar-refractivity contribution in [1.29, 1.82) is 0 Å². The third-order valence-corrected chi connectivity index (χ3v) is 5.42. The molecule has 1 amide bonds. The van der Waals surface area contributed by atoms with Gasteiger partial charge in [0.2, 0.25) is 0 Å². The van der Waals surface area contributed by atoms with Gasteiger partial charge >= 0.3 is 0 Å². The number of benzene rings is 3. The Hall–Kier alpha value is -2.50. The molecule has 3 aromatic rings. The lowest BCUT2D eigenvalue weighted by molar-refractivity contribution is -0.135. The molecule has 0 radical (unpaired) electrons. The second-order valence-corrected chi connectivity index (χ2v) is 7.43. The van der Waals surface area contributed by atoms with Crippen LogP contribution in [0.5, 0.6) is 0 Å². The number of nitrogens with zero attached hydrogens (tertiary/aromatic N) is 1. The average molecular weight is 410 g/mol. The number of Topliss-reactive ketones (excluding diaryl/α,β-unsaturated/α-hetero) is 1. The van der Waals surface area contributed by atoms with E-state index in [1.165, 1.54) is 4.90 Å². The molecule has 3 aromatic carbocycles. The van der Waals surface area contributed by atoms with Crippen molar-refractivity contribution in [2.24, 2.45) is 0 Å². The quantitative estimate of drug-likeness (QED) is 0.664. The zero-order valence-corrected chi connectivity index (χ0v) is 15.7. The summed E-state index contributed by atoms with van der Waals surface area (Å²) in [6.45, 7) is 0. The minimum Gasteiger partial charge on any atom is -0.375 e. The molecule has 1 aliphatic heterocycles. The zero-order chi connectivity index (χ0) is 18.5. The number of amides is 1. The fourth-order valence-corrected chi connectivity index (χ4v) is 3.96. The molecule has 0 fully saturated rings. The summed E-state index contributed by atoms with van der Waals surface area (Å²) in [5.41, 5.74) is -0.281. The first-order valence-corrected chi connectivity index (χ1v) is 9.02. The Balaban J connectivity index is 1.78. The monoisotopic (exact) mass is 409 g/mol. The highest BCUT2D eigenvalue weighted by atomic mass is 79.9. The molecular formula is C21H16BrNO3. The number of fused-ring (bicyclic) bond motifs is 2. The van der Waals surface area contributed by atoms with Crippen LogP contribution in [0.25, 0.3) is 10.8 Å². The summed E-state index contributed by atoms with van der Waals surface area (Å²) in [6.07, 6.45) is -0.298. The van der Waals surface area contributed by atoms with Gasteiger partial charge in [-0.3, -0.25) is 9.59 Å². The van der Waals surface area contributed by atoms with Crippen molar-refractivity contribution in [3.05, 3.63) is 76.3 Å². The first-order chi connectivity index (χ1) is 12.4. The Labute approximate surface area is 159 Å². The van der Waals surface area contributed by atoms with Gasteiger partial charge in [-0.2, -0.15) is 0 Å². The van der Waals surface area contributed by atoms with Gasteiger partial charge in [0.25, 0.3) is 5.91 Å². The van der Waals surface area contributed by atoms with Gasteiger partial charge in [0.1, 0.15) is 0 Å². The topological polar surface area (TPSA) is 57.6 Å². The summed E-state index contributed by atoms with van der Waals surface area (Å²) >= 11 is 3.37. The summed E-state index contributed by atoms with van der Waals surface area (Å²) in [5.74, 6) is -0.752.